The van der Waals surface area contributed by atoms with Gasteiger partial charge in [-0.2, -0.15) is 0 Å². The highest BCUT2D eigenvalue weighted by Crippen LogP contribution is 2.27. The minimum absolute atomic E-state index is 0.349. The molecule has 0 aliphatic heterocycles. The van der Waals surface area contributed by atoms with E-state index in [1.54, 1.807) is 0 Å². The van der Waals surface area contributed by atoms with Gasteiger partial charge in [-0.15, -0.1) is 0 Å². The van der Waals surface area contributed by atoms with Gasteiger partial charge in [0.25, 0.3) is 0 Å². The maximum absolute atomic E-state index is 3.45. The van der Waals surface area contributed by atoms with Crippen LogP contribution in [0, 0.1) is 5.41 Å². The van der Waals surface area contributed by atoms with Crippen LogP contribution in [-0.2, 0) is 0 Å². The van der Waals surface area contributed by atoms with Crippen molar-refractivity contribution in [2.45, 2.75) is 65.8 Å². The lowest BCUT2D eigenvalue weighted by Gasteiger charge is -2.32. The van der Waals surface area contributed by atoms with Crippen molar-refractivity contribution in [2.75, 3.05) is 7.05 Å². The molecule has 13 heavy (non-hydrogen) atoms. The molecule has 0 heterocycles. The average Bonchev–Trinajstić information content (AvgIpc) is 2.01. The quantitative estimate of drug-likeness (QED) is 0.690. The number of nitrogens with one attached hydrogen (secondary N) is 1. The molecule has 0 bridgehead atoms. The smallest absolute Gasteiger partial charge is 0.0150 e. The van der Waals surface area contributed by atoms with Crippen LogP contribution in [0.4, 0.5) is 0 Å². The van der Waals surface area contributed by atoms with Gasteiger partial charge in [-0.3, -0.25) is 0 Å². The van der Waals surface area contributed by atoms with Crippen LogP contribution in [0.15, 0.2) is 0 Å². The molecule has 1 nitrogen and oxygen atoms in total. The molecule has 0 radical (unpaired) electrons. The molecular weight excluding hydrogens is 158 g/mol. The molecular formula is C12H27N. The van der Waals surface area contributed by atoms with Gasteiger partial charge >= 0.3 is 0 Å². The van der Waals surface area contributed by atoms with Gasteiger partial charge in [0.1, 0.15) is 0 Å². The molecule has 1 heteroatoms. The van der Waals surface area contributed by atoms with E-state index in [0.29, 0.717) is 11.0 Å². The Hall–Kier alpha value is -0.0400. The topological polar surface area (TPSA) is 12.0 Å². The van der Waals surface area contributed by atoms with E-state index in [1.165, 1.54) is 25.7 Å². The molecule has 0 aromatic rings. The summed E-state index contributed by atoms with van der Waals surface area (Å²) in [7, 11) is 2.08. The highest BCUT2D eigenvalue weighted by atomic mass is 14.9. The van der Waals surface area contributed by atoms with Gasteiger partial charge in [-0.25, -0.2) is 0 Å². The highest BCUT2D eigenvalue weighted by Gasteiger charge is 2.23. The maximum Gasteiger partial charge on any atom is 0.0150 e. The molecule has 0 amide bonds. The molecule has 0 rings (SSSR count). The van der Waals surface area contributed by atoms with Gasteiger partial charge < -0.3 is 5.32 Å². The van der Waals surface area contributed by atoms with Crippen molar-refractivity contribution in [3.63, 3.8) is 0 Å². The lowest BCUT2D eigenvalue weighted by molar-refractivity contribution is 0.260. The zero-order chi connectivity index (χ0) is 10.5. The van der Waals surface area contributed by atoms with E-state index in [9.17, 15) is 0 Å². The van der Waals surface area contributed by atoms with Crippen molar-refractivity contribution in [3.05, 3.63) is 0 Å². The fraction of sp³-hybridized carbons (Fsp3) is 1.00. The SMILES string of the molecule is CCCC(C)(CCC(C)(C)C)NC. The molecule has 0 aliphatic rings. The lowest BCUT2D eigenvalue weighted by Crippen LogP contribution is -2.40. The molecule has 80 valence electrons. The van der Waals surface area contributed by atoms with Crippen LogP contribution in [0.3, 0.4) is 0 Å². The Morgan fingerprint density at radius 1 is 0.923 bits per heavy atom. The Balaban J connectivity index is 3.97. The zero-order valence-corrected chi connectivity index (χ0v) is 10.3. The Bertz CT molecular complexity index is 135. The van der Waals surface area contributed by atoms with E-state index in [1.807, 2.05) is 0 Å². The Morgan fingerprint density at radius 3 is 1.77 bits per heavy atom. The standard InChI is InChI=1S/C12H27N/c1-7-8-12(5,13-6)10-9-11(2,3)4/h13H,7-10H2,1-6H3. The first-order valence-electron chi connectivity index (χ1n) is 5.52. The van der Waals surface area contributed by atoms with Crippen molar-refractivity contribution in [2.24, 2.45) is 5.41 Å². The summed E-state index contributed by atoms with van der Waals surface area (Å²) in [6, 6.07) is 0. The Kier molecular flexibility index (Phi) is 4.98. The van der Waals surface area contributed by atoms with Crippen LogP contribution in [0.1, 0.15) is 60.3 Å². The third kappa shape index (κ3) is 6.09. The van der Waals surface area contributed by atoms with Crippen LogP contribution in [0.25, 0.3) is 0 Å². The van der Waals surface area contributed by atoms with Gasteiger partial charge in [0, 0.05) is 5.54 Å². The normalized spacial score (nSPS) is 17.1. The summed E-state index contributed by atoms with van der Waals surface area (Å²) in [5.74, 6) is 0. The second-order valence-corrected chi connectivity index (χ2v) is 5.62. The molecule has 0 saturated carbocycles. The fourth-order valence-electron chi connectivity index (χ4n) is 1.58. The maximum atomic E-state index is 3.45. The largest absolute Gasteiger partial charge is 0.315 e. The van der Waals surface area contributed by atoms with Crippen LogP contribution >= 0.6 is 0 Å². The molecule has 1 unspecified atom stereocenters. The lowest BCUT2D eigenvalue weighted by atomic mass is 9.82. The minimum Gasteiger partial charge on any atom is -0.315 e. The molecule has 0 saturated heterocycles. The van der Waals surface area contributed by atoms with E-state index in [-0.39, 0.29) is 0 Å². The first-order chi connectivity index (χ1) is 5.83. The summed E-state index contributed by atoms with van der Waals surface area (Å²) in [4.78, 5) is 0. The van der Waals surface area contributed by atoms with Crippen molar-refractivity contribution in [1.29, 1.82) is 0 Å². The molecule has 0 spiro atoms. The van der Waals surface area contributed by atoms with Gasteiger partial charge in [-0.1, -0.05) is 34.1 Å². The second kappa shape index (κ2) is 4.99. The third-order valence-corrected chi connectivity index (χ3v) is 2.83. The predicted octanol–water partition coefficient (Wildman–Crippen LogP) is 3.59. The van der Waals surface area contributed by atoms with Crippen molar-refractivity contribution in [1.82, 2.24) is 5.32 Å². The molecule has 1 atom stereocenters. The minimum atomic E-state index is 0.349. The van der Waals surface area contributed by atoms with E-state index < -0.39 is 0 Å². The van der Waals surface area contributed by atoms with Gasteiger partial charge in [0.05, 0.1) is 0 Å². The zero-order valence-electron chi connectivity index (χ0n) is 10.3. The fourth-order valence-corrected chi connectivity index (χ4v) is 1.58. The van der Waals surface area contributed by atoms with Crippen LogP contribution in [-0.4, -0.2) is 12.6 Å². The number of hydrogen-bond donors (Lipinski definition) is 1. The summed E-state index contributed by atoms with van der Waals surface area (Å²) in [5.41, 5.74) is 0.813. The Morgan fingerprint density at radius 2 is 1.46 bits per heavy atom. The van der Waals surface area contributed by atoms with Gasteiger partial charge in [-0.05, 0) is 38.6 Å². The first-order valence-corrected chi connectivity index (χ1v) is 5.52. The summed E-state index contributed by atoms with van der Waals surface area (Å²) >= 11 is 0. The van der Waals surface area contributed by atoms with Crippen molar-refractivity contribution < 1.29 is 0 Å². The number of hydrogen-bond acceptors (Lipinski definition) is 1. The van der Waals surface area contributed by atoms with Crippen molar-refractivity contribution >= 4 is 0 Å². The molecule has 0 aromatic carbocycles. The third-order valence-electron chi connectivity index (χ3n) is 2.83. The summed E-state index contributed by atoms with van der Waals surface area (Å²) in [5, 5.41) is 3.45. The summed E-state index contributed by atoms with van der Waals surface area (Å²) < 4.78 is 0. The molecule has 1 N–H and O–H groups in total. The van der Waals surface area contributed by atoms with E-state index in [4.69, 9.17) is 0 Å². The average molecular weight is 185 g/mol. The summed E-state index contributed by atoms with van der Waals surface area (Å²) in [6.45, 7) is 11.5. The van der Waals surface area contributed by atoms with Crippen LogP contribution < -0.4 is 5.32 Å². The monoisotopic (exact) mass is 185 g/mol. The van der Waals surface area contributed by atoms with E-state index in [2.05, 4.69) is 47.0 Å². The Labute approximate surface area is 84.3 Å². The van der Waals surface area contributed by atoms with Crippen LogP contribution in [0.5, 0.6) is 0 Å². The van der Waals surface area contributed by atoms with E-state index in [0.717, 1.165) is 0 Å². The van der Waals surface area contributed by atoms with Gasteiger partial charge in [0.2, 0.25) is 0 Å². The highest BCUT2D eigenvalue weighted by molar-refractivity contribution is 4.82. The second-order valence-electron chi connectivity index (χ2n) is 5.62. The number of rotatable bonds is 5. The molecule has 0 aliphatic carbocycles. The summed E-state index contributed by atoms with van der Waals surface area (Å²) in [6.07, 6.45) is 5.12. The first kappa shape index (κ1) is 13.0. The predicted molar refractivity (Wildman–Crippen MR) is 61.1 cm³/mol. The van der Waals surface area contributed by atoms with Crippen molar-refractivity contribution in [3.8, 4) is 0 Å². The van der Waals surface area contributed by atoms with Crippen LogP contribution in [0.2, 0.25) is 0 Å². The van der Waals surface area contributed by atoms with Gasteiger partial charge in [0.15, 0.2) is 0 Å². The molecule has 0 aromatic heterocycles. The van der Waals surface area contributed by atoms with E-state index >= 15 is 0 Å². The molecule has 0 fully saturated rings.